The number of anilines is 1. The molecule has 0 saturated carbocycles. The number of pyridine rings is 1. The van der Waals surface area contributed by atoms with Gasteiger partial charge in [-0.2, -0.15) is 0 Å². The quantitative estimate of drug-likeness (QED) is 0.844. The van der Waals surface area contributed by atoms with E-state index in [1.165, 1.54) is 0 Å². The number of carbonyl (C=O) groups is 1. The van der Waals surface area contributed by atoms with Gasteiger partial charge in [-0.1, -0.05) is 6.92 Å². The van der Waals surface area contributed by atoms with Crippen molar-refractivity contribution in [3.63, 3.8) is 0 Å². The van der Waals surface area contributed by atoms with E-state index in [1.807, 2.05) is 18.7 Å². The van der Waals surface area contributed by atoms with Crippen LogP contribution in [0.2, 0.25) is 0 Å². The number of carbonyl (C=O) groups excluding carboxylic acids is 1. The van der Waals surface area contributed by atoms with Gasteiger partial charge in [0.2, 0.25) is 0 Å². The molecule has 0 fully saturated rings. The molecule has 0 spiro atoms. The van der Waals surface area contributed by atoms with Crippen LogP contribution < -0.4 is 5.73 Å². The number of hydrogen-bond acceptors (Lipinski definition) is 3. The van der Waals surface area contributed by atoms with Gasteiger partial charge >= 0.3 is 0 Å². The van der Waals surface area contributed by atoms with Crippen LogP contribution in [0, 0.1) is 6.92 Å². The zero-order chi connectivity index (χ0) is 12.1. The molecule has 0 aliphatic rings. The van der Waals surface area contributed by atoms with E-state index < -0.39 is 0 Å². The maximum absolute atomic E-state index is 12.1. The number of aryl methyl sites for hydroxylation is 1. The molecule has 0 aromatic carbocycles. The van der Waals surface area contributed by atoms with E-state index >= 15 is 0 Å². The highest BCUT2D eigenvalue weighted by Gasteiger charge is 2.14. The Hall–Kier alpha value is -1.58. The smallest absolute Gasteiger partial charge is 0.254 e. The molecule has 0 aliphatic carbocycles. The van der Waals surface area contributed by atoms with Crippen LogP contribution in [0.1, 0.15) is 36.3 Å². The zero-order valence-corrected chi connectivity index (χ0v) is 10.2. The lowest BCUT2D eigenvalue weighted by atomic mass is 10.2. The van der Waals surface area contributed by atoms with Gasteiger partial charge in [0.1, 0.15) is 5.82 Å². The second-order valence-corrected chi connectivity index (χ2v) is 3.81. The van der Waals surface area contributed by atoms with Gasteiger partial charge in [0.25, 0.3) is 5.91 Å². The Bertz CT molecular complexity index is 356. The molecule has 4 heteroatoms. The van der Waals surface area contributed by atoms with Gasteiger partial charge in [0, 0.05) is 24.3 Å². The Morgan fingerprint density at radius 1 is 1.44 bits per heavy atom. The first-order valence-corrected chi connectivity index (χ1v) is 5.61. The average Bonchev–Trinajstić information content (AvgIpc) is 2.23. The number of hydrogen-bond donors (Lipinski definition) is 1. The first kappa shape index (κ1) is 12.5. The Balaban J connectivity index is 2.94. The fourth-order valence-corrected chi connectivity index (χ4v) is 1.67. The van der Waals surface area contributed by atoms with Crippen LogP contribution in [0.4, 0.5) is 5.82 Å². The molecule has 0 radical (unpaired) electrons. The Labute approximate surface area is 96.5 Å². The molecule has 1 aromatic heterocycles. The number of rotatable bonds is 4. The lowest BCUT2D eigenvalue weighted by Crippen LogP contribution is -2.31. The molecule has 1 rings (SSSR count). The minimum atomic E-state index is 0.0292. The molecule has 0 atom stereocenters. The van der Waals surface area contributed by atoms with Gasteiger partial charge < -0.3 is 10.6 Å². The average molecular weight is 221 g/mol. The maximum atomic E-state index is 12.1. The number of nitrogens with two attached hydrogens (primary N) is 1. The van der Waals surface area contributed by atoms with E-state index in [9.17, 15) is 4.79 Å². The highest BCUT2D eigenvalue weighted by molar-refractivity contribution is 5.94. The molecule has 1 aromatic rings. The van der Waals surface area contributed by atoms with Crippen molar-refractivity contribution in [2.24, 2.45) is 0 Å². The fourth-order valence-electron chi connectivity index (χ4n) is 1.67. The Morgan fingerprint density at radius 2 is 2.12 bits per heavy atom. The van der Waals surface area contributed by atoms with E-state index in [4.69, 9.17) is 5.73 Å². The number of aromatic nitrogens is 1. The van der Waals surface area contributed by atoms with Crippen molar-refractivity contribution >= 4 is 11.7 Å². The first-order valence-electron chi connectivity index (χ1n) is 5.61. The molecular formula is C12H19N3O. The van der Waals surface area contributed by atoms with Crippen LogP contribution in [0.5, 0.6) is 0 Å². The minimum Gasteiger partial charge on any atom is -0.384 e. The molecule has 16 heavy (non-hydrogen) atoms. The summed E-state index contributed by atoms with van der Waals surface area (Å²) in [5.41, 5.74) is 7.03. The number of nitrogens with zero attached hydrogens (tertiary/aromatic N) is 2. The molecule has 0 unspecified atom stereocenters. The lowest BCUT2D eigenvalue weighted by molar-refractivity contribution is 0.0764. The highest BCUT2D eigenvalue weighted by atomic mass is 16.2. The lowest BCUT2D eigenvalue weighted by Gasteiger charge is -2.20. The van der Waals surface area contributed by atoms with Crippen molar-refractivity contribution in [2.45, 2.75) is 27.2 Å². The van der Waals surface area contributed by atoms with Gasteiger partial charge in [-0.25, -0.2) is 4.98 Å². The van der Waals surface area contributed by atoms with Crippen molar-refractivity contribution in [3.05, 3.63) is 23.4 Å². The standard InChI is InChI=1S/C12H19N3O/c1-4-6-15(5-2)12(16)10-7-9(3)14-11(13)8-10/h7-8H,4-6H2,1-3H3,(H2,13,14). The van der Waals surface area contributed by atoms with Crippen molar-refractivity contribution < 1.29 is 4.79 Å². The van der Waals surface area contributed by atoms with Crippen LogP contribution in [0.3, 0.4) is 0 Å². The molecule has 4 nitrogen and oxygen atoms in total. The molecule has 0 bridgehead atoms. The topological polar surface area (TPSA) is 59.2 Å². The summed E-state index contributed by atoms with van der Waals surface area (Å²) in [6, 6.07) is 3.41. The Morgan fingerprint density at radius 3 is 2.62 bits per heavy atom. The van der Waals surface area contributed by atoms with Gasteiger partial charge in [-0.15, -0.1) is 0 Å². The normalized spacial score (nSPS) is 10.2. The summed E-state index contributed by atoms with van der Waals surface area (Å²) in [5.74, 6) is 0.428. The van der Waals surface area contributed by atoms with Gasteiger partial charge in [0.05, 0.1) is 0 Å². The van der Waals surface area contributed by atoms with Gasteiger partial charge in [0.15, 0.2) is 0 Å². The largest absolute Gasteiger partial charge is 0.384 e. The summed E-state index contributed by atoms with van der Waals surface area (Å²) < 4.78 is 0. The second-order valence-electron chi connectivity index (χ2n) is 3.81. The van der Waals surface area contributed by atoms with Gasteiger partial charge in [-0.05, 0) is 32.4 Å². The van der Waals surface area contributed by atoms with Crippen LogP contribution in [0.15, 0.2) is 12.1 Å². The van der Waals surface area contributed by atoms with Crippen LogP contribution in [-0.4, -0.2) is 28.9 Å². The van der Waals surface area contributed by atoms with E-state index in [-0.39, 0.29) is 5.91 Å². The molecule has 0 saturated heterocycles. The Kier molecular flexibility index (Phi) is 4.28. The monoisotopic (exact) mass is 221 g/mol. The molecule has 1 heterocycles. The first-order chi connectivity index (χ1) is 7.58. The van der Waals surface area contributed by atoms with Crippen molar-refractivity contribution in [1.82, 2.24) is 9.88 Å². The van der Waals surface area contributed by atoms with E-state index in [1.54, 1.807) is 12.1 Å². The van der Waals surface area contributed by atoms with E-state index in [2.05, 4.69) is 11.9 Å². The zero-order valence-electron chi connectivity index (χ0n) is 10.2. The second kappa shape index (κ2) is 5.49. The third-order valence-electron chi connectivity index (χ3n) is 2.38. The third kappa shape index (κ3) is 2.95. The number of amides is 1. The van der Waals surface area contributed by atoms with Crippen molar-refractivity contribution in [1.29, 1.82) is 0 Å². The maximum Gasteiger partial charge on any atom is 0.254 e. The molecule has 2 N–H and O–H groups in total. The van der Waals surface area contributed by atoms with Crippen LogP contribution in [-0.2, 0) is 0 Å². The van der Waals surface area contributed by atoms with E-state index in [0.717, 1.165) is 18.7 Å². The highest BCUT2D eigenvalue weighted by Crippen LogP contribution is 2.10. The number of nitrogen functional groups attached to an aromatic ring is 1. The molecular weight excluding hydrogens is 202 g/mol. The van der Waals surface area contributed by atoms with Crippen molar-refractivity contribution in [2.75, 3.05) is 18.8 Å². The predicted molar refractivity (Wildman–Crippen MR) is 65.3 cm³/mol. The third-order valence-corrected chi connectivity index (χ3v) is 2.38. The summed E-state index contributed by atoms with van der Waals surface area (Å²) in [6.45, 7) is 7.36. The molecule has 0 aliphatic heterocycles. The molecule has 1 amide bonds. The van der Waals surface area contributed by atoms with Crippen LogP contribution >= 0.6 is 0 Å². The molecule has 88 valence electrons. The fraction of sp³-hybridized carbons (Fsp3) is 0.500. The summed E-state index contributed by atoms with van der Waals surface area (Å²) >= 11 is 0. The summed E-state index contributed by atoms with van der Waals surface area (Å²) in [5, 5.41) is 0. The van der Waals surface area contributed by atoms with Crippen LogP contribution in [0.25, 0.3) is 0 Å². The SMILES string of the molecule is CCCN(CC)C(=O)c1cc(C)nc(N)c1. The van der Waals surface area contributed by atoms with E-state index in [0.29, 0.717) is 17.9 Å². The summed E-state index contributed by atoms with van der Waals surface area (Å²) in [7, 11) is 0. The predicted octanol–water partition coefficient (Wildman–Crippen LogP) is 1.84. The minimum absolute atomic E-state index is 0.0292. The summed E-state index contributed by atoms with van der Waals surface area (Å²) in [6.07, 6.45) is 0.957. The summed E-state index contributed by atoms with van der Waals surface area (Å²) in [4.78, 5) is 18.0. The van der Waals surface area contributed by atoms with Crippen molar-refractivity contribution in [3.8, 4) is 0 Å². The van der Waals surface area contributed by atoms with Gasteiger partial charge in [-0.3, -0.25) is 4.79 Å².